The lowest BCUT2D eigenvalue weighted by Gasteiger charge is -2.16. The summed E-state index contributed by atoms with van der Waals surface area (Å²) >= 11 is 0. The average molecular weight is 192 g/mol. The van der Waals surface area contributed by atoms with E-state index < -0.39 is 7.37 Å². The van der Waals surface area contributed by atoms with Crippen LogP contribution in [0.2, 0.25) is 0 Å². The van der Waals surface area contributed by atoms with Crippen molar-refractivity contribution in [3.63, 3.8) is 0 Å². The summed E-state index contributed by atoms with van der Waals surface area (Å²) in [7, 11) is -1.10. The average Bonchev–Trinajstić information content (AvgIpc) is 2.00. The lowest BCUT2D eigenvalue weighted by molar-refractivity contribution is -0.120. The van der Waals surface area contributed by atoms with Crippen LogP contribution in [0.25, 0.3) is 0 Å². The van der Waals surface area contributed by atoms with Gasteiger partial charge in [0.2, 0.25) is 7.37 Å². The fraction of sp³-hybridized carbons (Fsp3) is 0.875. The third kappa shape index (κ3) is 4.03. The van der Waals surface area contributed by atoms with Gasteiger partial charge >= 0.3 is 0 Å². The second-order valence-corrected chi connectivity index (χ2v) is 5.85. The van der Waals surface area contributed by atoms with Crippen LogP contribution in [-0.4, -0.2) is 25.7 Å². The Morgan fingerprint density at radius 1 is 1.58 bits per heavy atom. The Balaban J connectivity index is 4.21. The maximum atomic E-state index is 11.5. The van der Waals surface area contributed by atoms with Gasteiger partial charge in [-0.15, -0.1) is 0 Å². The van der Waals surface area contributed by atoms with Gasteiger partial charge in [0.05, 0.1) is 0 Å². The maximum absolute atomic E-state index is 11.5. The quantitative estimate of drug-likeness (QED) is 0.627. The highest BCUT2D eigenvalue weighted by atomic mass is 31.2. The number of carbonyl (C=O) groups excluding carboxylic acids is 1. The van der Waals surface area contributed by atoms with Crippen LogP contribution in [0.15, 0.2) is 0 Å². The number of ketones is 1. The standard InChI is InChI=1S/C8H17O3P/c1-5-8(7(2)9)6-12(4,10)11-3/h8H,5-6H2,1-4H3. The predicted octanol–water partition coefficient (Wildman–Crippen LogP) is 2.16. The highest BCUT2D eigenvalue weighted by Gasteiger charge is 2.22. The monoisotopic (exact) mass is 192 g/mol. The highest BCUT2D eigenvalue weighted by molar-refractivity contribution is 7.58. The van der Waals surface area contributed by atoms with E-state index in [1.807, 2.05) is 6.92 Å². The predicted molar refractivity (Wildman–Crippen MR) is 49.9 cm³/mol. The minimum atomic E-state index is -2.52. The molecule has 0 aliphatic heterocycles. The van der Waals surface area contributed by atoms with E-state index >= 15 is 0 Å². The minimum absolute atomic E-state index is 0.0941. The van der Waals surface area contributed by atoms with Gasteiger partial charge in [-0.2, -0.15) is 0 Å². The van der Waals surface area contributed by atoms with Crippen molar-refractivity contribution in [1.29, 1.82) is 0 Å². The van der Waals surface area contributed by atoms with E-state index in [0.717, 1.165) is 6.42 Å². The number of carbonyl (C=O) groups is 1. The van der Waals surface area contributed by atoms with Crippen molar-refractivity contribution in [2.45, 2.75) is 20.3 Å². The molecule has 0 fully saturated rings. The number of hydrogen-bond donors (Lipinski definition) is 0. The van der Waals surface area contributed by atoms with Gasteiger partial charge in [-0.25, -0.2) is 0 Å². The summed E-state index contributed by atoms with van der Waals surface area (Å²) in [5, 5.41) is 0. The molecule has 0 rings (SSSR count). The van der Waals surface area contributed by atoms with Gasteiger partial charge in [-0.1, -0.05) is 6.92 Å². The van der Waals surface area contributed by atoms with Gasteiger partial charge in [0.1, 0.15) is 5.78 Å². The van der Waals surface area contributed by atoms with Crippen LogP contribution >= 0.6 is 7.37 Å². The van der Waals surface area contributed by atoms with Crippen molar-refractivity contribution in [3.05, 3.63) is 0 Å². The summed E-state index contributed by atoms with van der Waals surface area (Å²) < 4.78 is 16.3. The number of hydrogen-bond acceptors (Lipinski definition) is 3. The second-order valence-electron chi connectivity index (χ2n) is 3.10. The first kappa shape index (κ1) is 11.9. The molecule has 0 spiro atoms. The van der Waals surface area contributed by atoms with Crippen molar-refractivity contribution in [2.24, 2.45) is 5.92 Å². The smallest absolute Gasteiger partial charge is 0.200 e. The van der Waals surface area contributed by atoms with Crippen molar-refractivity contribution >= 4 is 13.2 Å². The van der Waals surface area contributed by atoms with Crippen LogP contribution in [0.1, 0.15) is 20.3 Å². The summed E-state index contributed by atoms with van der Waals surface area (Å²) in [6, 6.07) is 0. The molecule has 4 heteroatoms. The fourth-order valence-electron chi connectivity index (χ4n) is 1.02. The first-order valence-electron chi connectivity index (χ1n) is 4.05. The Hall–Kier alpha value is -0.140. The molecule has 0 saturated carbocycles. The van der Waals surface area contributed by atoms with Gasteiger partial charge in [-0.05, 0) is 13.3 Å². The summed E-state index contributed by atoms with van der Waals surface area (Å²) in [6.45, 7) is 5.02. The summed E-state index contributed by atoms with van der Waals surface area (Å²) in [4.78, 5) is 11.0. The summed E-state index contributed by atoms with van der Waals surface area (Å²) in [5.41, 5.74) is 0. The molecule has 0 aromatic heterocycles. The van der Waals surface area contributed by atoms with Crippen LogP contribution in [0, 0.1) is 5.92 Å². The molecule has 0 bridgehead atoms. The fourth-order valence-corrected chi connectivity index (χ4v) is 2.49. The zero-order valence-corrected chi connectivity index (χ0v) is 9.06. The second kappa shape index (κ2) is 4.78. The van der Waals surface area contributed by atoms with E-state index in [2.05, 4.69) is 0 Å². The molecule has 0 N–H and O–H groups in total. The molecule has 2 atom stereocenters. The van der Waals surface area contributed by atoms with E-state index in [1.165, 1.54) is 14.0 Å². The first-order chi connectivity index (χ1) is 5.43. The Morgan fingerprint density at radius 2 is 2.08 bits per heavy atom. The Morgan fingerprint density at radius 3 is 2.33 bits per heavy atom. The first-order valence-corrected chi connectivity index (χ1v) is 6.31. The minimum Gasteiger partial charge on any atom is -0.332 e. The molecule has 0 aromatic rings. The van der Waals surface area contributed by atoms with Crippen LogP contribution in [0.5, 0.6) is 0 Å². The molecule has 0 heterocycles. The normalized spacial score (nSPS) is 18.3. The zero-order valence-electron chi connectivity index (χ0n) is 8.16. The van der Waals surface area contributed by atoms with E-state index in [4.69, 9.17) is 4.52 Å². The van der Waals surface area contributed by atoms with Crippen molar-refractivity contribution in [3.8, 4) is 0 Å². The van der Waals surface area contributed by atoms with Gasteiger partial charge in [0.15, 0.2) is 0 Å². The molecule has 3 nitrogen and oxygen atoms in total. The Bertz CT molecular complexity index is 200. The van der Waals surface area contributed by atoms with Gasteiger partial charge in [0.25, 0.3) is 0 Å². The third-order valence-electron chi connectivity index (χ3n) is 2.01. The van der Waals surface area contributed by atoms with Crippen LogP contribution < -0.4 is 0 Å². The molecule has 0 aromatic carbocycles. The SMILES string of the molecule is CCC(CP(C)(=O)OC)C(C)=O. The molecule has 12 heavy (non-hydrogen) atoms. The maximum Gasteiger partial charge on any atom is 0.200 e. The van der Waals surface area contributed by atoms with Crippen LogP contribution in [0.4, 0.5) is 0 Å². The summed E-state index contributed by atoms with van der Waals surface area (Å²) in [5.74, 6) is -0.0163. The molecular weight excluding hydrogens is 175 g/mol. The Kier molecular flexibility index (Phi) is 4.73. The molecule has 0 aliphatic carbocycles. The van der Waals surface area contributed by atoms with E-state index in [-0.39, 0.29) is 11.7 Å². The zero-order chi connectivity index (χ0) is 9.78. The van der Waals surface area contributed by atoms with E-state index in [0.29, 0.717) is 6.16 Å². The molecule has 0 aliphatic rings. The molecule has 0 saturated heterocycles. The number of rotatable bonds is 5. The van der Waals surface area contributed by atoms with Gasteiger partial charge in [-0.3, -0.25) is 9.36 Å². The van der Waals surface area contributed by atoms with Crippen molar-refractivity contribution in [1.82, 2.24) is 0 Å². The topological polar surface area (TPSA) is 43.4 Å². The van der Waals surface area contributed by atoms with Crippen molar-refractivity contribution < 1.29 is 13.9 Å². The lowest BCUT2D eigenvalue weighted by atomic mass is 10.1. The van der Waals surface area contributed by atoms with E-state index in [1.54, 1.807) is 6.66 Å². The molecule has 72 valence electrons. The van der Waals surface area contributed by atoms with Gasteiger partial charge < -0.3 is 4.52 Å². The van der Waals surface area contributed by atoms with Crippen LogP contribution in [-0.2, 0) is 13.9 Å². The van der Waals surface area contributed by atoms with Crippen LogP contribution in [0.3, 0.4) is 0 Å². The summed E-state index contributed by atoms with van der Waals surface area (Å²) in [6.07, 6.45) is 1.10. The van der Waals surface area contributed by atoms with Crippen molar-refractivity contribution in [2.75, 3.05) is 19.9 Å². The molecule has 0 amide bonds. The van der Waals surface area contributed by atoms with Gasteiger partial charge in [0, 0.05) is 25.9 Å². The lowest BCUT2D eigenvalue weighted by Crippen LogP contribution is -2.14. The third-order valence-corrected chi connectivity index (χ3v) is 3.88. The largest absolute Gasteiger partial charge is 0.332 e. The molecule has 2 unspecified atom stereocenters. The number of Topliss-reactive ketones (excluding diaryl/α,β-unsaturated/α-hetero) is 1. The Labute approximate surface area is 73.9 Å². The molecular formula is C8H17O3P. The highest BCUT2D eigenvalue weighted by Crippen LogP contribution is 2.43. The van der Waals surface area contributed by atoms with E-state index in [9.17, 15) is 9.36 Å². The molecule has 0 radical (unpaired) electrons.